The van der Waals surface area contributed by atoms with E-state index in [0.717, 1.165) is 20.8 Å². The summed E-state index contributed by atoms with van der Waals surface area (Å²) in [6.45, 7) is 0. The number of hydrogen-bond donors (Lipinski definition) is 1. The van der Waals surface area contributed by atoms with Crippen molar-refractivity contribution in [1.29, 1.82) is 5.26 Å². The molecule has 1 heterocycles. The van der Waals surface area contributed by atoms with Crippen LogP contribution in [0.25, 0.3) is 10.8 Å². The number of nitriles is 1. The number of fused-ring (bicyclic) bond motifs is 1. The van der Waals surface area contributed by atoms with Crippen LogP contribution in [0.5, 0.6) is 0 Å². The van der Waals surface area contributed by atoms with Crippen LogP contribution in [0.4, 0.5) is 0 Å². The minimum absolute atomic E-state index is 0.256. The molecule has 5 heteroatoms. The van der Waals surface area contributed by atoms with Crippen molar-refractivity contribution in [3.05, 3.63) is 46.4 Å². The van der Waals surface area contributed by atoms with E-state index in [4.69, 9.17) is 5.26 Å². The van der Waals surface area contributed by atoms with Gasteiger partial charge in [0, 0.05) is 4.47 Å². The van der Waals surface area contributed by atoms with Crippen LogP contribution in [0.2, 0.25) is 0 Å². The number of nitrogens with zero attached hydrogens (tertiary/aromatic N) is 3. The second-order valence-corrected chi connectivity index (χ2v) is 4.88. The van der Waals surface area contributed by atoms with Crippen LogP contribution in [0.1, 0.15) is 11.6 Å². The van der Waals surface area contributed by atoms with Gasteiger partial charge in [0.25, 0.3) is 0 Å². The maximum absolute atomic E-state index is 9.05. The molecule has 1 N–H and O–H groups in total. The Labute approximate surface area is 112 Å². The van der Waals surface area contributed by atoms with Crippen molar-refractivity contribution < 1.29 is 0 Å². The second kappa shape index (κ2) is 4.39. The highest BCUT2D eigenvalue weighted by Crippen LogP contribution is 2.35. The lowest BCUT2D eigenvalue weighted by molar-refractivity contribution is 0.629. The van der Waals surface area contributed by atoms with E-state index in [1.54, 1.807) is 0 Å². The van der Waals surface area contributed by atoms with Crippen molar-refractivity contribution in [2.24, 2.45) is 10.3 Å². The Morgan fingerprint density at radius 3 is 2.89 bits per heavy atom. The molecule has 0 saturated heterocycles. The fourth-order valence-electron chi connectivity index (χ4n) is 2.12. The Morgan fingerprint density at radius 2 is 2.06 bits per heavy atom. The van der Waals surface area contributed by atoms with Gasteiger partial charge in [-0.1, -0.05) is 41.6 Å². The van der Waals surface area contributed by atoms with E-state index in [-0.39, 0.29) is 6.04 Å². The summed E-state index contributed by atoms with van der Waals surface area (Å²) in [5.41, 5.74) is 3.69. The second-order valence-electron chi connectivity index (χ2n) is 4.09. The Hall–Kier alpha value is -1.93. The lowest BCUT2D eigenvalue weighted by Crippen LogP contribution is -2.23. The smallest absolute Gasteiger partial charge is 0.160 e. The zero-order valence-electron chi connectivity index (χ0n) is 9.34. The minimum atomic E-state index is -0.400. The molecule has 2 aromatic carbocycles. The minimum Gasteiger partial charge on any atom is -0.272 e. The van der Waals surface area contributed by atoms with Crippen molar-refractivity contribution in [3.63, 3.8) is 0 Å². The summed E-state index contributed by atoms with van der Waals surface area (Å²) >= 11 is 3.61. The Balaban J connectivity index is 2.16. The fraction of sp³-hybridized carbons (Fsp3) is 0.154. The molecule has 0 fully saturated rings. The van der Waals surface area contributed by atoms with Gasteiger partial charge in [-0.05, 0) is 32.3 Å². The van der Waals surface area contributed by atoms with E-state index >= 15 is 0 Å². The molecule has 0 amide bonds. The predicted molar refractivity (Wildman–Crippen MR) is 71.8 cm³/mol. The number of hydrogen-bond acceptors (Lipinski definition) is 4. The zero-order chi connectivity index (χ0) is 12.5. The summed E-state index contributed by atoms with van der Waals surface area (Å²) in [6.07, 6.45) is 0. The van der Waals surface area contributed by atoms with Gasteiger partial charge in [-0.3, -0.25) is 5.43 Å². The first-order valence-electron chi connectivity index (χ1n) is 5.53. The molecular formula is C13H9BrN4. The Morgan fingerprint density at radius 1 is 1.22 bits per heavy atom. The van der Waals surface area contributed by atoms with Crippen molar-refractivity contribution in [1.82, 2.24) is 5.43 Å². The molecule has 0 bridgehead atoms. The third-order valence-electron chi connectivity index (χ3n) is 3.05. The molecule has 1 aliphatic heterocycles. The summed E-state index contributed by atoms with van der Waals surface area (Å²) in [5, 5.41) is 19.2. The van der Waals surface area contributed by atoms with Crippen LogP contribution in [0.15, 0.2) is 51.2 Å². The van der Waals surface area contributed by atoms with Crippen LogP contribution >= 0.6 is 15.9 Å². The molecule has 1 aliphatic rings. The maximum atomic E-state index is 9.05. The molecule has 18 heavy (non-hydrogen) atoms. The van der Waals surface area contributed by atoms with Crippen LogP contribution in [-0.4, -0.2) is 6.04 Å². The van der Waals surface area contributed by atoms with Gasteiger partial charge in [0.1, 0.15) is 6.04 Å². The fourth-order valence-corrected chi connectivity index (χ4v) is 2.84. The third-order valence-corrected chi connectivity index (χ3v) is 3.93. The van der Waals surface area contributed by atoms with E-state index in [1.165, 1.54) is 0 Å². The highest BCUT2D eigenvalue weighted by atomic mass is 79.9. The van der Waals surface area contributed by atoms with Gasteiger partial charge in [-0.25, -0.2) is 0 Å². The summed E-state index contributed by atoms with van der Waals surface area (Å²) in [6, 6.07) is 13.6. The summed E-state index contributed by atoms with van der Waals surface area (Å²) in [7, 11) is 0. The third kappa shape index (κ3) is 1.66. The Kier molecular flexibility index (Phi) is 2.73. The number of halogens is 1. The molecule has 2 aromatic rings. The molecule has 3 rings (SSSR count). The van der Waals surface area contributed by atoms with Crippen molar-refractivity contribution in [2.45, 2.75) is 12.1 Å². The van der Waals surface area contributed by atoms with Crippen LogP contribution < -0.4 is 5.43 Å². The van der Waals surface area contributed by atoms with E-state index in [1.807, 2.05) is 30.3 Å². The number of rotatable bonds is 1. The molecule has 0 aliphatic carbocycles. The van der Waals surface area contributed by atoms with Crippen LogP contribution in [0.3, 0.4) is 0 Å². The zero-order valence-corrected chi connectivity index (χ0v) is 10.9. The van der Waals surface area contributed by atoms with Crippen LogP contribution in [0, 0.1) is 11.3 Å². The maximum Gasteiger partial charge on any atom is 0.160 e. The quantitative estimate of drug-likeness (QED) is 0.876. The molecule has 0 saturated carbocycles. The van der Waals surface area contributed by atoms with Gasteiger partial charge >= 0.3 is 0 Å². The SMILES string of the molecule is N#CC1NN=NC1c1ccc2ccccc2c1Br. The number of benzene rings is 2. The van der Waals surface area contributed by atoms with E-state index in [2.05, 4.69) is 43.8 Å². The molecule has 4 nitrogen and oxygen atoms in total. The largest absolute Gasteiger partial charge is 0.272 e. The molecular weight excluding hydrogens is 292 g/mol. The molecule has 0 aromatic heterocycles. The average molecular weight is 301 g/mol. The Bertz CT molecular complexity index is 674. The van der Waals surface area contributed by atoms with Crippen molar-refractivity contribution in [2.75, 3.05) is 0 Å². The molecule has 88 valence electrons. The lowest BCUT2D eigenvalue weighted by atomic mass is 9.98. The topological polar surface area (TPSA) is 60.5 Å². The van der Waals surface area contributed by atoms with E-state index in [9.17, 15) is 0 Å². The standard InChI is InChI=1S/C13H9BrN4/c14-12-9-4-2-1-3-8(9)5-6-10(12)13-11(7-15)16-18-17-13/h1-6,11,13H,(H,16,17). The molecule has 0 radical (unpaired) electrons. The van der Waals surface area contributed by atoms with Crippen LogP contribution in [-0.2, 0) is 0 Å². The monoisotopic (exact) mass is 300 g/mol. The van der Waals surface area contributed by atoms with Gasteiger partial charge in [0.2, 0.25) is 0 Å². The molecule has 2 unspecified atom stereocenters. The number of nitrogens with one attached hydrogen (secondary N) is 1. The summed E-state index contributed by atoms with van der Waals surface area (Å²) in [5.74, 6) is 0. The van der Waals surface area contributed by atoms with Gasteiger partial charge < -0.3 is 0 Å². The van der Waals surface area contributed by atoms with Gasteiger partial charge in [-0.2, -0.15) is 10.4 Å². The lowest BCUT2D eigenvalue weighted by Gasteiger charge is -2.13. The first kappa shape index (κ1) is 11.2. The van der Waals surface area contributed by atoms with Crippen molar-refractivity contribution in [3.8, 4) is 6.07 Å². The average Bonchev–Trinajstić information content (AvgIpc) is 2.88. The first-order valence-corrected chi connectivity index (χ1v) is 6.32. The van der Waals surface area contributed by atoms with Crippen molar-refractivity contribution >= 4 is 26.7 Å². The molecule has 0 spiro atoms. The van der Waals surface area contributed by atoms with Gasteiger partial charge in [-0.15, -0.1) is 0 Å². The van der Waals surface area contributed by atoms with Gasteiger partial charge in [0.05, 0.1) is 6.07 Å². The van der Waals surface area contributed by atoms with E-state index in [0.29, 0.717) is 0 Å². The molecule has 2 atom stereocenters. The highest BCUT2D eigenvalue weighted by molar-refractivity contribution is 9.10. The normalized spacial score (nSPS) is 21.8. The van der Waals surface area contributed by atoms with Gasteiger partial charge in [0.15, 0.2) is 6.04 Å². The summed E-state index contributed by atoms with van der Waals surface area (Å²) < 4.78 is 0.980. The first-order chi connectivity index (χ1) is 8.81. The predicted octanol–water partition coefficient (Wildman–Crippen LogP) is 3.51. The highest BCUT2D eigenvalue weighted by Gasteiger charge is 2.29. The van der Waals surface area contributed by atoms with E-state index < -0.39 is 6.04 Å². The summed E-state index contributed by atoms with van der Waals surface area (Å²) in [4.78, 5) is 0.